The van der Waals surface area contributed by atoms with Crippen molar-refractivity contribution < 1.29 is 22.3 Å². The first-order valence-corrected chi connectivity index (χ1v) is 2.05. The molecule has 0 atom stereocenters. The molecule has 0 spiro atoms. The van der Waals surface area contributed by atoms with Gasteiger partial charge in [0, 0.05) is 11.6 Å². The summed E-state index contributed by atoms with van der Waals surface area (Å²) in [7, 11) is 0. The molecule has 9 heavy (non-hydrogen) atoms. The van der Waals surface area contributed by atoms with E-state index in [9.17, 15) is 17.6 Å². The van der Waals surface area contributed by atoms with Crippen LogP contribution in [-0.4, -0.2) is 5.57 Å². The van der Waals surface area contributed by atoms with Gasteiger partial charge in [0.2, 0.25) is 0 Å². The Balaban J connectivity index is 3.64. The van der Waals surface area contributed by atoms with Crippen LogP contribution in [0.1, 0.15) is 0 Å². The zero-order chi connectivity index (χ0) is 7.49. The molecule has 0 radical (unpaired) electrons. The van der Waals surface area contributed by atoms with Gasteiger partial charge in [0.25, 0.3) is 0 Å². The van der Waals surface area contributed by atoms with Crippen molar-refractivity contribution in [2.24, 2.45) is 0 Å². The molecule has 0 aliphatic carbocycles. The zero-order valence-electron chi connectivity index (χ0n) is 3.88. The molecule has 0 heterocycles. The Morgan fingerprint density at radius 3 is 2.00 bits per heavy atom. The van der Waals surface area contributed by atoms with Crippen LogP contribution in [0.25, 0.3) is 0 Å². The molecule has 54 valence electrons. The SMILES string of the molecule is FC(F)=COC(F)(F)Cl. The van der Waals surface area contributed by atoms with E-state index >= 15 is 0 Å². The molecule has 0 aromatic heterocycles. The van der Waals surface area contributed by atoms with Gasteiger partial charge in [0.15, 0.2) is 6.26 Å². The van der Waals surface area contributed by atoms with E-state index in [0.717, 1.165) is 0 Å². The van der Waals surface area contributed by atoms with Gasteiger partial charge in [0.1, 0.15) is 0 Å². The minimum absolute atomic E-state index is 0.424. The molecule has 0 aliphatic rings. The van der Waals surface area contributed by atoms with Crippen molar-refractivity contribution >= 4 is 11.6 Å². The highest BCUT2D eigenvalue weighted by Crippen LogP contribution is 2.21. The highest BCUT2D eigenvalue weighted by molar-refractivity contribution is 6.20. The van der Waals surface area contributed by atoms with E-state index in [-0.39, 0.29) is 0 Å². The molecule has 0 amide bonds. The summed E-state index contributed by atoms with van der Waals surface area (Å²) < 4.78 is 47.3. The van der Waals surface area contributed by atoms with E-state index in [1.165, 1.54) is 0 Å². The molecule has 0 aliphatic heterocycles. The summed E-state index contributed by atoms with van der Waals surface area (Å²) in [4.78, 5) is 0. The first-order chi connectivity index (χ1) is 3.92. The predicted molar refractivity (Wildman–Crippen MR) is 22.2 cm³/mol. The lowest BCUT2D eigenvalue weighted by Crippen LogP contribution is -2.06. The first-order valence-electron chi connectivity index (χ1n) is 1.67. The van der Waals surface area contributed by atoms with Crippen LogP contribution in [0.3, 0.4) is 0 Å². The summed E-state index contributed by atoms with van der Waals surface area (Å²) in [5, 5.41) is 0. The van der Waals surface area contributed by atoms with Crippen LogP contribution in [0.5, 0.6) is 0 Å². The van der Waals surface area contributed by atoms with Crippen LogP contribution in [0, 0.1) is 0 Å². The summed E-state index contributed by atoms with van der Waals surface area (Å²) in [6.45, 7) is 0. The summed E-state index contributed by atoms with van der Waals surface area (Å²) in [6, 6.07) is 0. The molecule has 0 rings (SSSR count). The number of hydrogen-bond donors (Lipinski definition) is 0. The Morgan fingerprint density at radius 1 is 1.44 bits per heavy atom. The molecule has 0 saturated heterocycles. The van der Waals surface area contributed by atoms with E-state index < -0.39 is 17.9 Å². The number of alkyl halides is 3. The number of ether oxygens (including phenoxy) is 1. The standard InChI is InChI=1S/C3HClF4O/c4-3(7,8)9-1-2(5)6/h1H. The van der Waals surface area contributed by atoms with Crippen LogP contribution >= 0.6 is 11.6 Å². The highest BCUT2D eigenvalue weighted by Gasteiger charge is 2.25. The maximum Gasteiger partial charge on any atom is 0.487 e. The molecule has 0 bridgehead atoms. The van der Waals surface area contributed by atoms with Gasteiger partial charge in [-0.15, -0.1) is 8.78 Å². The van der Waals surface area contributed by atoms with E-state index in [0.29, 0.717) is 0 Å². The van der Waals surface area contributed by atoms with Crippen LogP contribution in [0.15, 0.2) is 12.3 Å². The molecule has 6 heteroatoms. The van der Waals surface area contributed by atoms with Crippen LogP contribution < -0.4 is 0 Å². The Morgan fingerprint density at radius 2 is 1.89 bits per heavy atom. The fourth-order valence-corrected chi connectivity index (χ4v) is 0.156. The molecular weight excluding hydrogens is 163 g/mol. The minimum atomic E-state index is -4.05. The number of halogens is 5. The summed E-state index contributed by atoms with van der Waals surface area (Å²) in [6.07, 6.45) is -2.79. The van der Waals surface area contributed by atoms with Crippen molar-refractivity contribution in [2.45, 2.75) is 5.57 Å². The van der Waals surface area contributed by atoms with Crippen molar-refractivity contribution in [1.82, 2.24) is 0 Å². The third kappa shape index (κ3) is 7.55. The average Bonchev–Trinajstić information content (AvgIpc) is 1.59. The van der Waals surface area contributed by atoms with E-state index in [4.69, 9.17) is 0 Å². The zero-order valence-corrected chi connectivity index (χ0v) is 4.63. The Bertz CT molecular complexity index is 113. The van der Waals surface area contributed by atoms with Gasteiger partial charge in [-0.05, 0) is 0 Å². The molecule has 0 saturated carbocycles. The highest BCUT2D eigenvalue weighted by atomic mass is 35.5. The largest absolute Gasteiger partial charge is 0.487 e. The Labute approximate surface area is 52.9 Å². The molecule has 1 nitrogen and oxygen atoms in total. The third-order valence-electron chi connectivity index (χ3n) is 0.282. The smallest absolute Gasteiger partial charge is 0.422 e. The summed E-state index contributed by atoms with van der Waals surface area (Å²) in [5.74, 6) is 0. The normalized spacial score (nSPS) is 10.8. The van der Waals surface area contributed by atoms with E-state index in [2.05, 4.69) is 16.3 Å². The van der Waals surface area contributed by atoms with Gasteiger partial charge in [0.05, 0.1) is 0 Å². The van der Waals surface area contributed by atoms with Crippen molar-refractivity contribution in [3.63, 3.8) is 0 Å². The quantitative estimate of drug-likeness (QED) is 0.346. The Kier molecular flexibility index (Phi) is 2.76. The molecule has 0 fully saturated rings. The van der Waals surface area contributed by atoms with E-state index in [1.807, 2.05) is 0 Å². The molecule has 0 unspecified atom stereocenters. The fourth-order valence-electron chi connectivity index (χ4n) is 0.111. The monoisotopic (exact) mass is 164 g/mol. The van der Waals surface area contributed by atoms with E-state index in [1.54, 1.807) is 0 Å². The maximum absolute atomic E-state index is 11.2. The number of rotatable bonds is 2. The maximum atomic E-state index is 11.2. The summed E-state index contributed by atoms with van der Waals surface area (Å²) >= 11 is 4.04. The van der Waals surface area contributed by atoms with Crippen LogP contribution in [-0.2, 0) is 4.74 Å². The van der Waals surface area contributed by atoms with Crippen LogP contribution in [0.4, 0.5) is 17.6 Å². The van der Waals surface area contributed by atoms with Gasteiger partial charge in [-0.25, -0.2) is 0 Å². The lowest BCUT2D eigenvalue weighted by Gasteiger charge is -2.03. The second-order valence-electron chi connectivity index (χ2n) is 0.971. The van der Waals surface area contributed by atoms with Crippen molar-refractivity contribution in [3.8, 4) is 0 Å². The van der Waals surface area contributed by atoms with Crippen LogP contribution in [0.2, 0.25) is 0 Å². The average molecular weight is 164 g/mol. The molecule has 0 N–H and O–H groups in total. The second-order valence-corrected chi connectivity index (χ2v) is 1.41. The second kappa shape index (κ2) is 2.91. The van der Waals surface area contributed by atoms with Crippen molar-refractivity contribution in [3.05, 3.63) is 12.3 Å². The van der Waals surface area contributed by atoms with Gasteiger partial charge >= 0.3 is 11.6 Å². The molecule has 0 aromatic carbocycles. The minimum Gasteiger partial charge on any atom is -0.422 e. The van der Waals surface area contributed by atoms with Gasteiger partial charge < -0.3 is 4.74 Å². The number of hydrogen-bond acceptors (Lipinski definition) is 1. The molecular formula is C3HClF4O. The summed E-state index contributed by atoms with van der Waals surface area (Å²) in [5.41, 5.74) is -4.05. The van der Waals surface area contributed by atoms with Crippen molar-refractivity contribution in [2.75, 3.05) is 0 Å². The van der Waals surface area contributed by atoms with Gasteiger partial charge in [-0.2, -0.15) is 8.78 Å². The topological polar surface area (TPSA) is 9.23 Å². The lowest BCUT2D eigenvalue weighted by atomic mass is 11.0. The first kappa shape index (κ1) is 8.55. The molecule has 0 aromatic rings. The lowest BCUT2D eigenvalue weighted by molar-refractivity contribution is -0.131. The van der Waals surface area contributed by atoms with Crippen molar-refractivity contribution in [1.29, 1.82) is 0 Å². The van der Waals surface area contributed by atoms with Gasteiger partial charge in [-0.1, -0.05) is 0 Å². The van der Waals surface area contributed by atoms with Gasteiger partial charge in [-0.3, -0.25) is 0 Å². The Hall–Kier alpha value is -0.450. The predicted octanol–water partition coefficient (Wildman–Crippen LogP) is 2.53. The fraction of sp³-hybridized carbons (Fsp3) is 0.333. The third-order valence-corrected chi connectivity index (χ3v) is 0.371.